The van der Waals surface area contributed by atoms with Crippen molar-refractivity contribution >= 4 is 35.5 Å². The Morgan fingerprint density at radius 1 is 0.857 bits per heavy atom. The van der Waals surface area contributed by atoms with Gasteiger partial charge in [-0.25, -0.2) is 12.4 Å². The molecule has 1 aromatic heterocycles. The van der Waals surface area contributed by atoms with Gasteiger partial charge in [0.1, 0.15) is 29.9 Å². The Morgan fingerprint density at radius 3 is 2.00 bits per heavy atom. The molecule has 0 atom stereocenters. The van der Waals surface area contributed by atoms with E-state index in [0.29, 0.717) is 44.6 Å². The zero-order chi connectivity index (χ0) is 30.8. The van der Waals surface area contributed by atoms with E-state index < -0.39 is 18.3 Å². The number of aldehydes is 1. The fraction of sp³-hybridized carbons (Fsp3) is 0.382. The summed E-state index contributed by atoms with van der Waals surface area (Å²) in [7, 11) is -6.40. The smallest absolute Gasteiger partial charge is 0.268 e. The molecule has 3 aromatic carbocycles. The molecule has 0 saturated heterocycles. The molecule has 1 heterocycles. The van der Waals surface area contributed by atoms with Gasteiger partial charge in [0, 0.05) is 29.6 Å². The zero-order valence-corrected chi connectivity index (χ0v) is 27.8. The highest BCUT2D eigenvalue weighted by atomic mass is 32.2. The number of carbonyl (C=O) groups is 1. The summed E-state index contributed by atoms with van der Waals surface area (Å²) in [5, 5.41) is 0.678. The Bertz CT molecular complexity index is 1630. The minimum Gasteiger partial charge on any atom is -0.542 e. The van der Waals surface area contributed by atoms with Crippen LogP contribution in [0.1, 0.15) is 63.8 Å². The molecule has 4 rings (SSSR count). The highest BCUT2D eigenvalue weighted by molar-refractivity contribution is 7.90. The van der Waals surface area contributed by atoms with E-state index in [0.717, 1.165) is 23.0 Å². The van der Waals surface area contributed by atoms with Gasteiger partial charge < -0.3 is 14.0 Å². The largest absolute Gasteiger partial charge is 0.542 e. The summed E-state index contributed by atoms with van der Waals surface area (Å²) in [6.45, 7) is 17.3. The van der Waals surface area contributed by atoms with Crippen LogP contribution in [0.25, 0.3) is 10.9 Å². The first-order valence-corrected chi connectivity index (χ1v) is 18.2. The number of aromatic nitrogens is 1. The predicted octanol–water partition coefficient (Wildman–Crippen LogP) is 8.37. The summed E-state index contributed by atoms with van der Waals surface area (Å²) in [6, 6.07) is 18.4. The van der Waals surface area contributed by atoms with Crippen LogP contribution in [-0.4, -0.2) is 27.0 Å². The molecule has 0 aliphatic carbocycles. The van der Waals surface area contributed by atoms with Gasteiger partial charge in [-0.1, -0.05) is 89.6 Å². The molecule has 0 bridgehead atoms. The van der Waals surface area contributed by atoms with Gasteiger partial charge in [0.25, 0.3) is 18.3 Å². The number of hydrogen-bond acceptors (Lipinski definition) is 5. The first-order chi connectivity index (χ1) is 19.8. The first-order valence-electron chi connectivity index (χ1n) is 14.6. The van der Waals surface area contributed by atoms with Crippen LogP contribution in [0.15, 0.2) is 71.8 Å². The van der Waals surface area contributed by atoms with Gasteiger partial charge in [-0.15, -0.1) is 0 Å². The summed E-state index contributed by atoms with van der Waals surface area (Å²) < 4.78 is 43.0. The van der Waals surface area contributed by atoms with E-state index in [1.807, 2.05) is 50.2 Å². The molecule has 0 unspecified atom stereocenters. The molecule has 0 saturated carbocycles. The van der Waals surface area contributed by atoms with Gasteiger partial charge in [0.2, 0.25) is 0 Å². The van der Waals surface area contributed by atoms with E-state index in [4.69, 9.17) is 9.16 Å². The Labute approximate surface area is 251 Å². The third kappa shape index (κ3) is 5.79. The SMILES string of the molecule is Cc1ccc(S(=O)(=O)n2cc(C)c3c(CC=O)c(O[Si](C(C)C)(C(C)C)C(C)C)cc(OCc4ccccc4)c32)cc1. The molecule has 6 nitrogen and oxygen atoms in total. The number of ether oxygens (including phenoxy) is 1. The molecular weight excluding hydrogens is 563 g/mol. The molecule has 4 aromatic rings. The molecule has 224 valence electrons. The Morgan fingerprint density at radius 2 is 1.45 bits per heavy atom. The quantitative estimate of drug-likeness (QED) is 0.120. The molecule has 8 heteroatoms. The highest BCUT2D eigenvalue weighted by Gasteiger charge is 2.47. The number of rotatable bonds is 12. The van der Waals surface area contributed by atoms with Crippen LogP contribution in [-0.2, 0) is 27.8 Å². The summed E-state index contributed by atoms with van der Waals surface area (Å²) in [4.78, 5) is 12.3. The molecule has 0 amide bonds. The van der Waals surface area contributed by atoms with Crippen molar-refractivity contribution in [3.8, 4) is 11.5 Å². The van der Waals surface area contributed by atoms with Gasteiger partial charge >= 0.3 is 0 Å². The average molecular weight is 606 g/mol. The van der Waals surface area contributed by atoms with Crippen LogP contribution in [0.4, 0.5) is 0 Å². The summed E-state index contributed by atoms with van der Waals surface area (Å²) in [5.74, 6) is 1.01. The Kier molecular flexibility index (Phi) is 9.38. The zero-order valence-electron chi connectivity index (χ0n) is 26.0. The molecule has 42 heavy (non-hydrogen) atoms. The van der Waals surface area contributed by atoms with Crippen LogP contribution in [0.5, 0.6) is 11.5 Å². The molecule has 0 radical (unpaired) electrons. The summed E-state index contributed by atoms with van der Waals surface area (Å²) in [5.41, 5.74) is 4.68. The lowest BCUT2D eigenvalue weighted by Crippen LogP contribution is -2.50. The van der Waals surface area contributed by atoms with Crippen molar-refractivity contribution in [2.75, 3.05) is 0 Å². The van der Waals surface area contributed by atoms with E-state index in [9.17, 15) is 13.2 Å². The van der Waals surface area contributed by atoms with Crippen molar-refractivity contribution < 1.29 is 22.4 Å². The van der Waals surface area contributed by atoms with Crippen LogP contribution in [0, 0.1) is 13.8 Å². The fourth-order valence-electron chi connectivity index (χ4n) is 6.39. The molecular formula is C34H43NO5SSi. The van der Waals surface area contributed by atoms with Crippen LogP contribution in [0.2, 0.25) is 16.6 Å². The second-order valence-electron chi connectivity index (χ2n) is 12.1. The second-order valence-corrected chi connectivity index (χ2v) is 19.3. The van der Waals surface area contributed by atoms with Crippen molar-refractivity contribution in [1.82, 2.24) is 3.97 Å². The number of fused-ring (bicyclic) bond motifs is 1. The number of carbonyl (C=O) groups excluding carboxylic acids is 1. The van der Waals surface area contributed by atoms with Gasteiger partial charge in [0.15, 0.2) is 0 Å². The minimum atomic E-state index is -3.97. The fourth-order valence-corrected chi connectivity index (χ4v) is 13.1. The van der Waals surface area contributed by atoms with Gasteiger partial charge in [0.05, 0.1) is 4.90 Å². The Balaban J connectivity index is 2.04. The number of benzene rings is 3. The first kappa shape index (κ1) is 31.6. The van der Waals surface area contributed by atoms with Crippen molar-refractivity contribution in [1.29, 1.82) is 0 Å². The van der Waals surface area contributed by atoms with Crippen molar-refractivity contribution in [2.45, 2.75) is 89.9 Å². The maximum absolute atomic E-state index is 14.1. The van der Waals surface area contributed by atoms with Crippen LogP contribution >= 0.6 is 0 Å². The lowest BCUT2D eigenvalue weighted by molar-refractivity contribution is -0.107. The normalized spacial score (nSPS) is 12.5. The Hall–Kier alpha value is -3.36. The highest BCUT2D eigenvalue weighted by Crippen LogP contribution is 2.47. The topological polar surface area (TPSA) is 74.6 Å². The maximum Gasteiger partial charge on any atom is 0.268 e. The van der Waals surface area contributed by atoms with E-state index in [1.165, 1.54) is 3.97 Å². The van der Waals surface area contributed by atoms with E-state index in [2.05, 4.69) is 41.5 Å². The molecule has 0 fully saturated rings. The summed E-state index contributed by atoms with van der Waals surface area (Å²) >= 11 is 0. The number of nitrogens with zero attached hydrogens (tertiary/aromatic N) is 1. The van der Waals surface area contributed by atoms with Gasteiger partial charge in [-0.3, -0.25) is 0 Å². The van der Waals surface area contributed by atoms with E-state index >= 15 is 0 Å². The maximum atomic E-state index is 14.1. The van der Waals surface area contributed by atoms with Gasteiger partial charge in [-0.2, -0.15) is 0 Å². The van der Waals surface area contributed by atoms with Crippen LogP contribution in [0.3, 0.4) is 0 Å². The standard InChI is InChI=1S/C34H43NO5SSi/c1-23(2)42(24(3)4,25(5)6)40-31-20-32(39-22-28-12-10-9-11-13-28)34-33(30(31)18-19-36)27(8)21-35(34)41(37,38)29-16-14-26(7)15-17-29/h9-17,19-21,23-25H,18,22H2,1-8H3. The number of aryl methyl sites for hydroxylation is 2. The van der Waals surface area contributed by atoms with Gasteiger partial charge in [-0.05, 0) is 53.7 Å². The lowest BCUT2D eigenvalue weighted by atomic mass is 10.0. The molecule has 0 spiro atoms. The van der Waals surface area contributed by atoms with Crippen LogP contribution < -0.4 is 9.16 Å². The lowest BCUT2D eigenvalue weighted by Gasteiger charge is -2.42. The minimum absolute atomic E-state index is 0.0962. The van der Waals surface area contributed by atoms with Crippen molar-refractivity contribution in [3.63, 3.8) is 0 Å². The van der Waals surface area contributed by atoms with Crippen molar-refractivity contribution in [2.24, 2.45) is 0 Å². The average Bonchev–Trinajstić information content (AvgIpc) is 3.30. The van der Waals surface area contributed by atoms with E-state index in [1.54, 1.807) is 30.5 Å². The molecule has 0 aliphatic heterocycles. The monoisotopic (exact) mass is 605 g/mol. The van der Waals surface area contributed by atoms with Crippen molar-refractivity contribution in [3.05, 3.63) is 89.1 Å². The molecule has 0 aliphatic rings. The molecule has 0 N–H and O–H groups in total. The second kappa shape index (κ2) is 12.5. The number of hydrogen-bond donors (Lipinski definition) is 0. The summed E-state index contributed by atoms with van der Waals surface area (Å²) in [6.07, 6.45) is 2.59. The third-order valence-corrected chi connectivity index (χ3v) is 16.0. The van der Waals surface area contributed by atoms with E-state index in [-0.39, 0.29) is 17.9 Å². The predicted molar refractivity (Wildman–Crippen MR) is 173 cm³/mol. The third-order valence-electron chi connectivity index (χ3n) is 8.35.